The molecule has 8 nitrogen and oxygen atoms in total. The van der Waals surface area contributed by atoms with Crippen molar-refractivity contribution in [2.75, 3.05) is 39.2 Å². The molecule has 1 aromatic heterocycles. The van der Waals surface area contributed by atoms with Crippen LogP contribution in [0.4, 0.5) is 10.8 Å². The van der Waals surface area contributed by atoms with Crippen molar-refractivity contribution in [3.63, 3.8) is 0 Å². The molecule has 3 aromatic rings. The number of benzene rings is 2. The summed E-state index contributed by atoms with van der Waals surface area (Å²) in [6.07, 6.45) is 0.699. The van der Waals surface area contributed by atoms with Crippen molar-refractivity contribution in [2.45, 2.75) is 6.42 Å². The fourth-order valence-corrected chi connectivity index (χ4v) is 4.12. The third-order valence-electron chi connectivity index (χ3n) is 4.44. The summed E-state index contributed by atoms with van der Waals surface area (Å²) in [4.78, 5) is 32.1. The number of non-ortho nitro benzene ring substituents is 1. The van der Waals surface area contributed by atoms with Gasteiger partial charge in [-0.25, -0.2) is 4.98 Å². The van der Waals surface area contributed by atoms with E-state index in [1.54, 1.807) is 7.11 Å². The molecule has 0 atom stereocenters. The zero-order valence-electron chi connectivity index (χ0n) is 17.2. The topological polar surface area (TPSA) is 88.8 Å². The van der Waals surface area contributed by atoms with Gasteiger partial charge in [-0.3, -0.25) is 19.8 Å². The first-order valence-electron chi connectivity index (χ1n) is 9.15. The highest BCUT2D eigenvalue weighted by atomic mass is 35.5. The molecule has 0 saturated heterocycles. The second-order valence-corrected chi connectivity index (χ2v) is 8.28. The van der Waals surface area contributed by atoms with Gasteiger partial charge in [-0.2, -0.15) is 0 Å². The maximum atomic E-state index is 13.4. The Morgan fingerprint density at radius 1 is 1.23 bits per heavy atom. The average Bonchev–Trinajstić information content (AvgIpc) is 3.13. The number of nitro benzene ring substituents is 1. The number of hydrogen-bond acceptors (Lipinski definition) is 7. The van der Waals surface area contributed by atoms with E-state index in [1.165, 1.54) is 34.4 Å². The van der Waals surface area contributed by atoms with Gasteiger partial charge in [-0.05, 0) is 51.3 Å². The molecule has 31 heavy (non-hydrogen) atoms. The van der Waals surface area contributed by atoms with Gasteiger partial charge in [0.15, 0.2) is 5.13 Å². The molecule has 11 heteroatoms. The van der Waals surface area contributed by atoms with E-state index in [0.717, 1.165) is 16.8 Å². The predicted molar refractivity (Wildman–Crippen MR) is 126 cm³/mol. The van der Waals surface area contributed by atoms with Crippen LogP contribution in [0.3, 0.4) is 0 Å². The molecule has 166 valence electrons. The van der Waals surface area contributed by atoms with Crippen LogP contribution >= 0.6 is 35.3 Å². The number of carbonyl (C=O) groups excluding carboxylic acids is 1. The SMILES string of the molecule is COc1ccc2nc(N(CCCN(C)C)C(=O)c3cc([N+](=O)[O-])ccc3Cl)sc2c1.Cl. The first kappa shape index (κ1) is 24.8. The Labute approximate surface area is 194 Å². The number of rotatable bonds is 8. The van der Waals surface area contributed by atoms with Crippen LogP contribution in [0.1, 0.15) is 16.8 Å². The molecule has 0 bridgehead atoms. The first-order chi connectivity index (χ1) is 14.3. The van der Waals surface area contributed by atoms with E-state index in [2.05, 4.69) is 4.98 Å². The van der Waals surface area contributed by atoms with Crippen LogP contribution in [-0.2, 0) is 0 Å². The molecular formula is C20H22Cl2N4O4S. The summed E-state index contributed by atoms with van der Waals surface area (Å²) in [5, 5.41) is 11.8. The number of carbonyl (C=O) groups is 1. The predicted octanol–water partition coefficient (Wildman–Crippen LogP) is 4.89. The van der Waals surface area contributed by atoms with Gasteiger partial charge in [0, 0.05) is 18.7 Å². The Morgan fingerprint density at radius 2 is 1.97 bits per heavy atom. The lowest BCUT2D eigenvalue weighted by atomic mass is 10.1. The van der Waals surface area contributed by atoms with E-state index in [4.69, 9.17) is 16.3 Å². The number of ether oxygens (including phenoxy) is 1. The minimum Gasteiger partial charge on any atom is -0.497 e. The van der Waals surface area contributed by atoms with Crippen LogP contribution in [-0.4, -0.2) is 55.0 Å². The molecule has 3 rings (SSSR count). The lowest BCUT2D eigenvalue weighted by Crippen LogP contribution is -2.33. The Morgan fingerprint density at radius 3 is 2.61 bits per heavy atom. The molecule has 0 spiro atoms. The number of hydrogen-bond donors (Lipinski definition) is 0. The third-order valence-corrected chi connectivity index (χ3v) is 5.81. The van der Waals surface area contributed by atoms with Gasteiger partial charge in [-0.1, -0.05) is 22.9 Å². The van der Waals surface area contributed by atoms with Crippen molar-refractivity contribution in [3.8, 4) is 5.75 Å². The highest BCUT2D eigenvalue weighted by molar-refractivity contribution is 7.22. The Balaban J connectivity index is 0.00000341. The molecule has 0 N–H and O–H groups in total. The maximum Gasteiger partial charge on any atom is 0.270 e. The quantitative estimate of drug-likeness (QED) is 0.334. The highest BCUT2D eigenvalue weighted by Gasteiger charge is 2.25. The lowest BCUT2D eigenvalue weighted by Gasteiger charge is -2.21. The molecule has 0 aliphatic carbocycles. The largest absolute Gasteiger partial charge is 0.497 e. The van der Waals surface area contributed by atoms with Crippen molar-refractivity contribution >= 4 is 62.3 Å². The normalized spacial score (nSPS) is 10.7. The lowest BCUT2D eigenvalue weighted by molar-refractivity contribution is -0.384. The molecule has 0 aliphatic rings. The summed E-state index contributed by atoms with van der Waals surface area (Å²) in [6, 6.07) is 9.35. The summed E-state index contributed by atoms with van der Waals surface area (Å²) in [7, 11) is 5.49. The van der Waals surface area contributed by atoms with Gasteiger partial charge in [0.05, 0.1) is 32.8 Å². The second kappa shape index (κ2) is 10.7. The van der Waals surface area contributed by atoms with Crippen molar-refractivity contribution in [1.82, 2.24) is 9.88 Å². The van der Waals surface area contributed by atoms with Gasteiger partial charge in [0.1, 0.15) is 5.75 Å². The van der Waals surface area contributed by atoms with E-state index in [9.17, 15) is 14.9 Å². The number of thiazole rings is 1. The monoisotopic (exact) mass is 484 g/mol. The molecule has 1 amide bonds. The summed E-state index contributed by atoms with van der Waals surface area (Å²) in [5.41, 5.74) is 0.629. The summed E-state index contributed by atoms with van der Waals surface area (Å²) < 4.78 is 6.14. The number of nitro groups is 1. The fraction of sp³-hybridized carbons (Fsp3) is 0.300. The minimum absolute atomic E-state index is 0. The van der Waals surface area contributed by atoms with Crippen LogP contribution < -0.4 is 9.64 Å². The maximum absolute atomic E-state index is 13.4. The Hall–Kier alpha value is -2.46. The van der Waals surface area contributed by atoms with Crippen LogP contribution in [0.15, 0.2) is 36.4 Å². The Bertz CT molecular complexity index is 1090. The molecule has 0 unspecified atom stereocenters. The minimum atomic E-state index is -0.548. The zero-order chi connectivity index (χ0) is 21.8. The highest BCUT2D eigenvalue weighted by Crippen LogP contribution is 2.33. The van der Waals surface area contributed by atoms with Crippen molar-refractivity contribution in [2.24, 2.45) is 0 Å². The van der Waals surface area contributed by atoms with Crippen LogP contribution in [0, 0.1) is 10.1 Å². The van der Waals surface area contributed by atoms with E-state index in [-0.39, 0.29) is 28.7 Å². The average molecular weight is 485 g/mol. The van der Waals surface area contributed by atoms with Crippen molar-refractivity contribution < 1.29 is 14.5 Å². The summed E-state index contributed by atoms with van der Waals surface area (Å²) in [6.45, 7) is 1.16. The summed E-state index contributed by atoms with van der Waals surface area (Å²) >= 11 is 7.57. The van der Waals surface area contributed by atoms with Crippen molar-refractivity contribution in [3.05, 3.63) is 57.1 Å². The van der Waals surface area contributed by atoms with Crippen LogP contribution in [0.25, 0.3) is 10.2 Å². The van der Waals surface area contributed by atoms with Gasteiger partial charge < -0.3 is 9.64 Å². The van der Waals surface area contributed by atoms with Gasteiger partial charge in [0.2, 0.25) is 0 Å². The Kier molecular flexibility index (Phi) is 8.58. The molecule has 0 aliphatic heterocycles. The van der Waals surface area contributed by atoms with E-state index in [0.29, 0.717) is 23.8 Å². The first-order valence-corrected chi connectivity index (χ1v) is 10.3. The van der Waals surface area contributed by atoms with E-state index in [1.807, 2.05) is 37.2 Å². The number of anilines is 1. The number of amides is 1. The molecule has 1 heterocycles. The molecule has 0 saturated carbocycles. The number of methoxy groups -OCH3 is 1. The number of aromatic nitrogens is 1. The van der Waals surface area contributed by atoms with Crippen molar-refractivity contribution in [1.29, 1.82) is 0 Å². The molecule has 0 fully saturated rings. The second-order valence-electron chi connectivity index (χ2n) is 6.86. The number of halogens is 2. The molecular weight excluding hydrogens is 463 g/mol. The zero-order valence-corrected chi connectivity index (χ0v) is 19.6. The fourth-order valence-electron chi connectivity index (χ4n) is 2.90. The van der Waals surface area contributed by atoms with Crippen LogP contribution in [0.2, 0.25) is 5.02 Å². The third kappa shape index (κ3) is 5.82. The van der Waals surface area contributed by atoms with Gasteiger partial charge in [0.25, 0.3) is 11.6 Å². The van der Waals surface area contributed by atoms with Gasteiger partial charge in [-0.15, -0.1) is 12.4 Å². The standard InChI is InChI=1S/C20H21ClN4O4S.ClH/c1-23(2)9-4-10-24(19(26)15-11-13(25(27)28)5-7-16(15)21)20-22-17-8-6-14(29-3)12-18(17)30-20;/h5-8,11-12H,4,9-10H2,1-3H3;1H. The van der Waals surface area contributed by atoms with Crippen LogP contribution in [0.5, 0.6) is 5.75 Å². The van der Waals surface area contributed by atoms with Gasteiger partial charge >= 0.3 is 0 Å². The number of nitrogens with zero attached hydrogens (tertiary/aromatic N) is 4. The molecule has 0 radical (unpaired) electrons. The van der Waals surface area contributed by atoms with E-state index < -0.39 is 10.8 Å². The molecule has 2 aromatic carbocycles. The summed E-state index contributed by atoms with van der Waals surface area (Å²) in [5.74, 6) is 0.276. The smallest absolute Gasteiger partial charge is 0.270 e. The number of fused-ring (bicyclic) bond motifs is 1. The van der Waals surface area contributed by atoms with E-state index >= 15 is 0 Å².